The standard InChI is InChI=1S/C16H16ClNO2/c17-15-6-4-12(5-7-15)9-16(20)18-10-13-2-1-3-14(8-13)11-19/h1-8,19H,9-11H2,(H,18,20). The van der Waals surface area contributed by atoms with Gasteiger partial charge in [0, 0.05) is 11.6 Å². The van der Waals surface area contributed by atoms with E-state index in [9.17, 15) is 4.79 Å². The van der Waals surface area contributed by atoms with E-state index < -0.39 is 0 Å². The Morgan fingerprint density at radius 1 is 1.05 bits per heavy atom. The summed E-state index contributed by atoms with van der Waals surface area (Å²) in [5, 5.41) is 12.6. The van der Waals surface area contributed by atoms with E-state index in [4.69, 9.17) is 16.7 Å². The minimum atomic E-state index is -0.0401. The summed E-state index contributed by atoms with van der Waals surface area (Å²) in [5.74, 6) is -0.0401. The van der Waals surface area contributed by atoms with Crippen molar-refractivity contribution in [2.45, 2.75) is 19.6 Å². The molecule has 2 rings (SSSR count). The molecule has 104 valence electrons. The van der Waals surface area contributed by atoms with Crippen molar-refractivity contribution in [1.29, 1.82) is 0 Å². The van der Waals surface area contributed by atoms with Gasteiger partial charge < -0.3 is 10.4 Å². The predicted molar refractivity (Wildman–Crippen MR) is 79.4 cm³/mol. The van der Waals surface area contributed by atoms with Crippen molar-refractivity contribution < 1.29 is 9.90 Å². The van der Waals surface area contributed by atoms with Gasteiger partial charge in [-0.05, 0) is 28.8 Å². The van der Waals surface area contributed by atoms with Gasteiger partial charge in [-0.2, -0.15) is 0 Å². The third kappa shape index (κ3) is 4.37. The van der Waals surface area contributed by atoms with Gasteiger partial charge in [-0.25, -0.2) is 0 Å². The first-order valence-electron chi connectivity index (χ1n) is 6.37. The van der Waals surface area contributed by atoms with E-state index in [2.05, 4.69) is 5.32 Å². The molecular formula is C16H16ClNO2. The highest BCUT2D eigenvalue weighted by atomic mass is 35.5. The maximum Gasteiger partial charge on any atom is 0.224 e. The summed E-state index contributed by atoms with van der Waals surface area (Å²) in [6, 6.07) is 14.7. The lowest BCUT2D eigenvalue weighted by Crippen LogP contribution is -2.24. The van der Waals surface area contributed by atoms with Gasteiger partial charge in [0.2, 0.25) is 5.91 Å². The smallest absolute Gasteiger partial charge is 0.224 e. The first-order chi connectivity index (χ1) is 9.67. The number of amides is 1. The van der Waals surface area contributed by atoms with Crippen LogP contribution in [0.25, 0.3) is 0 Å². The van der Waals surface area contributed by atoms with Gasteiger partial charge in [0.25, 0.3) is 0 Å². The molecule has 2 N–H and O–H groups in total. The molecule has 0 fully saturated rings. The number of aliphatic hydroxyl groups excluding tert-OH is 1. The molecule has 0 saturated heterocycles. The Labute approximate surface area is 123 Å². The fourth-order valence-electron chi connectivity index (χ4n) is 1.89. The van der Waals surface area contributed by atoms with Gasteiger partial charge in [-0.15, -0.1) is 0 Å². The minimum Gasteiger partial charge on any atom is -0.392 e. The number of hydrogen-bond donors (Lipinski definition) is 2. The topological polar surface area (TPSA) is 49.3 Å². The van der Waals surface area contributed by atoms with Crippen molar-refractivity contribution >= 4 is 17.5 Å². The number of hydrogen-bond acceptors (Lipinski definition) is 2. The molecule has 2 aromatic rings. The van der Waals surface area contributed by atoms with Gasteiger partial charge in [0.15, 0.2) is 0 Å². The molecule has 0 bridgehead atoms. The SMILES string of the molecule is O=C(Cc1ccc(Cl)cc1)NCc1cccc(CO)c1. The first-order valence-corrected chi connectivity index (χ1v) is 6.75. The van der Waals surface area contributed by atoms with Crippen molar-refractivity contribution in [3.8, 4) is 0 Å². The number of rotatable bonds is 5. The molecule has 0 atom stereocenters. The molecule has 0 heterocycles. The molecule has 0 spiro atoms. The third-order valence-electron chi connectivity index (χ3n) is 2.94. The van der Waals surface area contributed by atoms with Gasteiger partial charge in [0.05, 0.1) is 13.0 Å². The minimum absolute atomic E-state index is 0.00651. The molecule has 0 radical (unpaired) electrons. The van der Waals surface area contributed by atoms with E-state index >= 15 is 0 Å². The third-order valence-corrected chi connectivity index (χ3v) is 3.19. The molecule has 4 heteroatoms. The molecule has 0 aliphatic heterocycles. The lowest BCUT2D eigenvalue weighted by Gasteiger charge is -2.07. The number of benzene rings is 2. The second-order valence-electron chi connectivity index (χ2n) is 4.56. The average molecular weight is 290 g/mol. The summed E-state index contributed by atoms with van der Waals surface area (Å²) in [7, 11) is 0. The summed E-state index contributed by atoms with van der Waals surface area (Å²) in [5.41, 5.74) is 2.74. The van der Waals surface area contributed by atoms with E-state index in [1.165, 1.54) is 0 Å². The maximum absolute atomic E-state index is 11.8. The highest BCUT2D eigenvalue weighted by Gasteiger charge is 2.03. The van der Waals surface area contributed by atoms with Crippen LogP contribution in [0.5, 0.6) is 0 Å². The van der Waals surface area contributed by atoms with Crippen LogP contribution in [0.15, 0.2) is 48.5 Å². The monoisotopic (exact) mass is 289 g/mol. The zero-order valence-corrected chi connectivity index (χ0v) is 11.7. The quantitative estimate of drug-likeness (QED) is 0.889. The Kier molecular flexibility index (Phi) is 5.16. The maximum atomic E-state index is 11.8. The van der Waals surface area contributed by atoms with Crippen LogP contribution in [0.3, 0.4) is 0 Å². The van der Waals surface area contributed by atoms with E-state index in [0.29, 0.717) is 18.0 Å². The van der Waals surface area contributed by atoms with E-state index in [0.717, 1.165) is 16.7 Å². The van der Waals surface area contributed by atoms with Crippen LogP contribution < -0.4 is 5.32 Å². The molecule has 1 amide bonds. The summed E-state index contributed by atoms with van der Waals surface area (Å²) in [4.78, 5) is 11.8. The highest BCUT2D eigenvalue weighted by Crippen LogP contribution is 2.10. The second-order valence-corrected chi connectivity index (χ2v) is 4.99. The number of carbonyl (C=O) groups is 1. The Morgan fingerprint density at radius 3 is 2.45 bits per heavy atom. The van der Waals surface area contributed by atoms with Crippen molar-refractivity contribution in [2.24, 2.45) is 0 Å². The van der Waals surface area contributed by atoms with Gasteiger partial charge >= 0.3 is 0 Å². The lowest BCUT2D eigenvalue weighted by atomic mass is 10.1. The summed E-state index contributed by atoms with van der Waals surface area (Å²) >= 11 is 5.80. The van der Waals surface area contributed by atoms with E-state index in [1.54, 1.807) is 12.1 Å². The lowest BCUT2D eigenvalue weighted by molar-refractivity contribution is -0.120. The zero-order chi connectivity index (χ0) is 14.4. The number of aliphatic hydroxyl groups is 1. The van der Waals surface area contributed by atoms with Crippen LogP contribution in [0.1, 0.15) is 16.7 Å². The molecule has 0 aromatic heterocycles. The van der Waals surface area contributed by atoms with Gasteiger partial charge in [-0.3, -0.25) is 4.79 Å². The molecule has 0 aliphatic carbocycles. The largest absolute Gasteiger partial charge is 0.392 e. The Hall–Kier alpha value is -1.84. The Bertz CT molecular complexity index is 581. The van der Waals surface area contributed by atoms with E-state index in [1.807, 2.05) is 36.4 Å². The molecule has 20 heavy (non-hydrogen) atoms. The first kappa shape index (κ1) is 14.6. The van der Waals surface area contributed by atoms with Gasteiger partial charge in [-0.1, -0.05) is 48.0 Å². The summed E-state index contributed by atoms with van der Waals surface area (Å²) in [6.45, 7) is 0.465. The fraction of sp³-hybridized carbons (Fsp3) is 0.188. The number of halogens is 1. The van der Waals surface area contributed by atoms with Gasteiger partial charge in [0.1, 0.15) is 0 Å². The molecule has 0 saturated carbocycles. The van der Waals surface area contributed by atoms with Crippen LogP contribution in [0, 0.1) is 0 Å². The fourth-order valence-corrected chi connectivity index (χ4v) is 2.01. The second kappa shape index (κ2) is 7.08. The van der Waals surface area contributed by atoms with Crippen molar-refractivity contribution in [3.63, 3.8) is 0 Å². The molecule has 2 aromatic carbocycles. The van der Waals surface area contributed by atoms with Crippen LogP contribution in [0.2, 0.25) is 5.02 Å². The number of carbonyl (C=O) groups excluding carboxylic acids is 1. The Balaban J connectivity index is 1.87. The predicted octanol–water partition coefficient (Wildman–Crippen LogP) is 2.69. The van der Waals surface area contributed by atoms with Crippen LogP contribution in [-0.2, 0) is 24.4 Å². The van der Waals surface area contributed by atoms with Crippen LogP contribution in [-0.4, -0.2) is 11.0 Å². The summed E-state index contributed by atoms with van der Waals surface area (Å²) < 4.78 is 0. The molecule has 3 nitrogen and oxygen atoms in total. The molecular weight excluding hydrogens is 274 g/mol. The zero-order valence-electron chi connectivity index (χ0n) is 11.0. The number of nitrogens with one attached hydrogen (secondary N) is 1. The van der Waals surface area contributed by atoms with Crippen LogP contribution >= 0.6 is 11.6 Å². The average Bonchev–Trinajstić information content (AvgIpc) is 2.48. The highest BCUT2D eigenvalue weighted by molar-refractivity contribution is 6.30. The molecule has 0 unspecified atom stereocenters. The normalized spacial score (nSPS) is 10.3. The van der Waals surface area contributed by atoms with Crippen molar-refractivity contribution in [1.82, 2.24) is 5.32 Å². The molecule has 0 aliphatic rings. The van der Waals surface area contributed by atoms with Crippen molar-refractivity contribution in [3.05, 3.63) is 70.2 Å². The van der Waals surface area contributed by atoms with Crippen molar-refractivity contribution in [2.75, 3.05) is 0 Å². The Morgan fingerprint density at radius 2 is 1.75 bits per heavy atom. The van der Waals surface area contributed by atoms with E-state index in [-0.39, 0.29) is 12.5 Å². The van der Waals surface area contributed by atoms with Crippen LogP contribution in [0.4, 0.5) is 0 Å². The summed E-state index contributed by atoms with van der Waals surface area (Å²) in [6.07, 6.45) is 0.330.